The van der Waals surface area contributed by atoms with Crippen LogP contribution in [0, 0.1) is 0 Å². The summed E-state index contributed by atoms with van der Waals surface area (Å²) in [6, 6.07) is 0. The van der Waals surface area contributed by atoms with Crippen LogP contribution in [-0.2, 0) is 24.0 Å². The van der Waals surface area contributed by atoms with E-state index < -0.39 is 44.3 Å². The van der Waals surface area contributed by atoms with Gasteiger partial charge in [-0.05, 0) is 0 Å². The number of imide groups is 1. The Morgan fingerprint density at radius 1 is 0.947 bits per heavy atom. The first-order valence-electron chi connectivity index (χ1n) is 3.82. The first-order valence-corrected chi connectivity index (χ1v) is 5.22. The van der Waals surface area contributed by atoms with Crippen LogP contribution in [0.1, 0.15) is 0 Å². The Kier molecular flexibility index (Phi) is 3.11. The van der Waals surface area contributed by atoms with Gasteiger partial charge in [0.2, 0.25) is 0 Å². The summed E-state index contributed by atoms with van der Waals surface area (Å²) < 4.78 is 109. The molecule has 0 atom stereocenters. The van der Waals surface area contributed by atoms with Crippen molar-refractivity contribution in [1.29, 1.82) is 0 Å². The number of alkyl halides is 7. The molecule has 6 nitrogen and oxygen atoms in total. The Labute approximate surface area is 98.3 Å². The molecule has 0 aromatic heterocycles. The summed E-state index contributed by atoms with van der Waals surface area (Å²) in [5.41, 5.74) is -6.21. The zero-order valence-electron chi connectivity index (χ0n) is 8.04. The third-order valence-corrected chi connectivity index (χ3v) is 2.67. The van der Waals surface area contributed by atoms with Crippen LogP contribution in [-0.4, -0.2) is 42.6 Å². The zero-order valence-corrected chi connectivity index (χ0v) is 8.86. The van der Waals surface area contributed by atoms with Gasteiger partial charge >= 0.3 is 39.3 Å². The minimum atomic E-state index is -6.73. The normalized spacial score (nSPS) is 23.0. The lowest BCUT2D eigenvalue weighted by atomic mass is 10.2. The van der Waals surface area contributed by atoms with E-state index in [0.29, 0.717) is 0 Å². The van der Waals surface area contributed by atoms with E-state index in [1.165, 1.54) is 0 Å². The van der Waals surface area contributed by atoms with Crippen LogP contribution in [0.25, 0.3) is 0 Å². The second kappa shape index (κ2) is 3.78. The molecule has 2 amide bonds. The van der Waals surface area contributed by atoms with Gasteiger partial charge in [0.15, 0.2) is 0 Å². The van der Waals surface area contributed by atoms with E-state index in [-0.39, 0.29) is 0 Å². The highest BCUT2D eigenvalue weighted by molar-refractivity contribution is 7.87. The number of hydrogen-bond donors (Lipinski definition) is 0. The van der Waals surface area contributed by atoms with Gasteiger partial charge in [-0.25, -0.2) is 0 Å². The van der Waals surface area contributed by atoms with Crippen LogP contribution in [0.15, 0.2) is 0 Å². The quantitative estimate of drug-likeness (QED) is 0.418. The fourth-order valence-electron chi connectivity index (χ4n) is 0.824. The molecule has 1 fully saturated rings. The lowest BCUT2D eigenvalue weighted by Gasteiger charge is -2.13. The van der Waals surface area contributed by atoms with Crippen molar-refractivity contribution in [3.05, 3.63) is 0 Å². The van der Waals surface area contributed by atoms with Crippen molar-refractivity contribution >= 4 is 21.9 Å². The molecule has 14 heteroatoms. The summed E-state index contributed by atoms with van der Waals surface area (Å²) in [5.74, 6) is -17.9. The van der Waals surface area contributed by atoms with Crippen LogP contribution < -0.4 is 0 Å². The maximum Gasteiger partial charge on any atom is 0.525 e. The second-order valence-corrected chi connectivity index (χ2v) is 4.55. The number of rotatable bonds is 2. The Bertz CT molecular complexity index is 511. The van der Waals surface area contributed by atoms with Gasteiger partial charge in [0.1, 0.15) is 0 Å². The lowest BCUT2D eigenvalue weighted by molar-refractivity contribution is -0.192. The third-order valence-electron chi connectivity index (χ3n) is 1.76. The van der Waals surface area contributed by atoms with E-state index in [1.807, 2.05) is 0 Å². The van der Waals surface area contributed by atoms with E-state index in [1.54, 1.807) is 0 Å². The maximum absolute atomic E-state index is 12.6. The molecule has 19 heavy (non-hydrogen) atoms. The molecule has 1 aliphatic heterocycles. The van der Waals surface area contributed by atoms with E-state index in [0.717, 1.165) is 0 Å². The molecule has 0 aliphatic carbocycles. The maximum atomic E-state index is 12.6. The molecule has 0 bridgehead atoms. The second-order valence-electron chi connectivity index (χ2n) is 3.03. The van der Waals surface area contributed by atoms with Crippen LogP contribution >= 0.6 is 0 Å². The highest BCUT2D eigenvalue weighted by atomic mass is 32.2. The number of carbonyl (C=O) groups is 2. The van der Waals surface area contributed by atoms with Gasteiger partial charge in [-0.15, -0.1) is 9.35 Å². The Balaban J connectivity index is 3.20. The molecule has 0 radical (unpaired) electrons. The van der Waals surface area contributed by atoms with Crippen LogP contribution in [0.2, 0.25) is 0 Å². The molecule has 0 spiro atoms. The molecular weight excluding hydrogens is 319 g/mol. The lowest BCUT2D eigenvalue weighted by Crippen LogP contribution is -2.43. The molecule has 1 rings (SSSR count). The summed E-state index contributed by atoms with van der Waals surface area (Å²) in [5, 5.41) is -1.83. The van der Waals surface area contributed by atoms with Gasteiger partial charge in [0.05, 0.1) is 0 Å². The topological polar surface area (TPSA) is 80.8 Å². The number of halogens is 7. The number of hydroxylamine groups is 2. The molecule has 0 saturated carbocycles. The average Bonchev–Trinajstić information content (AvgIpc) is 2.30. The van der Waals surface area contributed by atoms with Crippen molar-refractivity contribution in [2.75, 3.05) is 0 Å². The molecule has 1 heterocycles. The van der Waals surface area contributed by atoms with Crippen LogP contribution in [0.5, 0.6) is 0 Å². The standard InChI is InChI=1S/C5F7NO5S/c6-3(7)1(14)13(2(15)4(3,8)9)18-19(16,17)5(10,11)12. The van der Waals surface area contributed by atoms with Crippen molar-refractivity contribution in [3.8, 4) is 0 Å². The van der Waals surface area contributed by atoms with Gasteiger partial charge < -0.3 is 0 Å². The summed E-state index contributed by atoms with van der Waals surface area (Å²) in [6.07, 6.45) is 0. The molecule has 0 N–H and O–H groups in total. The predicted molar refractivity (Wildman–Crippen MR) is 37.8 cm³/mol. The highest BCUT2D eigenvalue weighted by Gasteiger charge is 2.78. The van der Waals surface area contributed by atoms with Crippen molar-refractivity contribution in [2.24, 2.45) is 0 Å². The van der Waals surface area contributed by atoms with Crippen molar-refractivity contribution in [1.82, 2.24) is 5.06 Å². The van der Waals surface area contributed by atoms with E-state index >= 15 is 0 Å². The predicted octanol–water partition coefficient (Wildman–Crippen LogP) is 0.407. The minimum Gasteiger partial charge on any atom is -0.265 e. The zero-order chi connectivity index (χ0) is 15.4. The Morgan fingerprint density at radius 3 is 1.53 bits per heavy atom. The summed E-state index contributed by atoms with van der Waals surface area (Å²) >= 11 is 0. The van der Waals surface area contributed by atoms with E-state index in [9.17, 15) is 48.7 Å². The SMILES string of the molecule is O=C1N(OS(=O)(=O)C(F)(F)F)C(=O)C(F)(F)C1(F)F. The van der Waals surface area contributed by atoms with Gasteiger partial charge in [0.25, 0.3) is 0 Å². The molecule has 0 aromatic carbocycles. The summed E-state index contributed by atoms with van der Waals surface area (Å²) in [4.78, 5) is 21.2. The average molecular weight is 319 g/mol. The summed E-state index contributed by atoms with van der Waals surface area (Å²) in [7, 11) is -6.73. The molecule has 110 valence electrons. The molecule has 0 unspecified atom stereocenters. The van der Waals surface area contributed by atoms with Gasteiger partial charge in [0, 0.05) is 0 Å². The van der Waals surface area contributed by atoms with Crippen molar-refractivity contribution < 1.29 is 53.0 Å². The van der Waals surface area contributed by atoms with Crippen LogP contribution in [0.3, 0.4) is 0 Å². The number of nitrogens with zero attached hydrogens (tertiary/aromatic N) is 1. The number of amides is 2. The Morgan fingerprint density at radius 2 is 1.26 bits per heavy atom. The highest BCUT2D eigenvalue weighted by Crippen LogP contribution is 2.44. The molecule has 1 saturated heterocycles. The van der Waals surface area contributed by atoms with Crippen molar-refractivity contribution in [3.63, 3.8) is 0 Å². The monoisotopic (exact) mass is 319 g/mol. The summed E-state index contributed by atoms with van der Waals surface area (Å²) in [6.45, 7) is 0. The smallest absolute Gasteiger partial charge is 0.265 e. The largest absolute Gasteiger partial charge is 0.525 e. The number of carbonyl (C=O) groups excluding carboxylic acids is 2. The fraction of sp³-hybridized carbons (Fsp3) is 0.600. The Hall–Kier alpha value is -1.44. The van der Waals surface area contributed by atoms with Gasteiger partial charge in [-0.1, -0.05) is 0 Å². The molecular formula is C5F7NO5S. The fourth-order valence-corrected chi connectivity index (χ4v) is 1.24. The molecule has 0 aromatic rings. The van der Waals surface area contributed by atoms with Crippen LogP contribution in [0.4, 0.5) is 30.7 Å². The van der Waals surface area contributed by atoms with E-state index in [4.69, 9.17) is 0 Å². The molecule has 1 aliphatic rings. The van der Waals surface area contributed by atoms with Gasteiger partial charge in [-0.2, -0.15) is 39.2 Å². The third kappa shape index (κ3) is 2.03. The van der Waals surface area contributed by atoms with Gasteiger partial charge in [-0.3, -0.25) is 9.59 Å². The van der Waals surface area contributed by atoms with Crippen molar-refractivity contribution in [2.45, 2.75) is 17.4 Å². The van der Waals surface area contributed by atoms with E-state index in [2.05, 4.69) is 4.28 Å². The first kappa shape index (κ1) is 15.6. The minimum absolute atomic E-state index is 1.83. The first-order chi connectivity index (χ1) is 8.16. The number of hydrogen-bond acceptors (Lipinski definition) is 5.